The Hall–Kier alpha value is -4.01. The van der Waals surface area contributed by atoms with Crippen LogP contribution in [0.5, 0.6) is 0 Å². The van der Waals surface area contributed by atoms with Crippen LogP contribution in [-0.4, -0.2) is 69.5 Å². The summed E-state index contributed by atoms with van der Waals surface area (Å²) in [5.41, 5.74) is 5.25. The van der Waals surface area contributed by atoms with Gasteiger partial charge >= 0.3 is 0 Å². The second-order valence-electron chi connectivity index (χ2n) is 11.7. The summed E-state index contributed by atoms with van der Waals surface area (Å²) >= 11 is 6.10. The van der Waals surface area contributed by atoms with E-state index in [4.69, 9.17) is 11.6 Å². The van der Waals surface area contributed by atoms with E-state index in [1.807, 2.05) is 60.7 Å². The number of amides is 4. The third kappa shape index (κ3) is 4.78. The highest BCUT2D eigenvalue weighted by Crippen LogP contribution is 2.34. The van der Waals surface area contributed by atoms with Crippen molar-refractivity contribution in [3.8, 4) is 11.1 Å². The molecule has 4 amide bonds. The number of benzene rings is 3. The highest BCUT2D eigenvalue weighted by Gasteiger charge is 2.42. The summed E-state index contributed by atoms with van der Waals surface area (Å²) < 4.78 is 0. The summed E-state index contributed by atoms with van der Waals surface area (Å²) in [4.78, 5) is 57.0. The lowest BCUT2D eigenvalue weighted by Crippen LogP contribution is -2.63. The molecule has 5 heterocycles. The van der Waals surface area contributed by atoms with Crippen molar-refractivity contribution in [1.29, 1.82) is 0 Å². The van der Waals surface area contributed by atoms with Gasteiger partial charge in [-0.2, -0.15) is 0 Å². The maximum atomic E-state index is 13.9. The topological polar surface area (TPSA) is 90.0 Å². The van der Waals surface area contributed by atoms with E-state index in [1.54, 1.807) is 4.90 Å². The van der Waals surface area contributed by atoms with Gasteiger partial charge in [0, 0.05) is 60.8 Å². The predicted molar refractivity (Wildman–Crippen MR) is 158 cm³/mol. The van der Waals surface area contributed by atoms with E-state index in [-0.39, 0.29) is 36.2 Å². The summed E-state index contributed by atoms with van der Waals surface area (Å²) in [6.45, 7) is 2.60. The largest absolute Gasteiger partial charge is 0.333 e. The summed E-state index contributed by atoms with van der Waals surface area (Å²) in [6.07, 6.45) is 2.62. The van der Waals surface area contributed by atoms with E-state index in [0.29, 0.717) is 35.7 Å². The van der Waals surface area contributed by atoms with E-state index in [2.05, 4.69) is 21.2 Å². The van der Waals surface area contributed by atoms with Crippen molar-refractivity contribution < 1.29 is 19.2 Å². The molecule has 0 radical (unpaired) electrons. The number of hydrogen-bond donors (Lipinski definition) is 1. The highest BCUT2D eigenvalue weighted by molar-refractivity contribution is 6.30. The summed E-state index contributed by atoms with van der Waals surface area (Å²) in [7, 11) is 0. The molecule has 9 heteroatoms. The number of rotatable bonds is 5. The van der Waals surface area contributed by atoms with Crippen LogP contribution in [0.15, 0.2) is 66.7 Å². The second-order valence-corrected chi connectivity index (χ2v) is 12.2. The van der Waals surface area contributed by atoms with Gasteiger partial charge in [-0.3, -0.25) is 29.4 Å². The van der Waals surface area contributed by atoms with Gasteiger partial charge in [-0.05, 0) is 65.8 Å². The zero-order valence-corrected chi connectivity index (χ0v) is 23.8. The molecule has 8 nitrogen and oxygen atoms in total. The first kappa shape index (κ1) is 26.9. The molecular formula is C33H31ClN4O4. The van der Waals surface area contributed by atoms with Crippen LogP contribution in [-0.2, 0) is 22.7 Å². The normalized spacial score (nSPS) is 23.7. The van der Waals surface area contributed by atoms with Gasteiger partial charge in [-0.25, -0.2) is 0 Å². The van der Waals surface area contributed by atoms with Gasteiger partial charge in [0.25, 0.3) is 11.8 Å². The number of imide groups is 1. The number of piperazine rings is 1. The maximum Gasteiger partial charge on any atom is 0.255 e. The summed E-state index contributed by atoms with van der Waals surface area (Å²) in [5.74, 6) is -0.771. The lowest BCUT2D eigenvalue weighted by atomic mass is 9.88. The van der Waals surface area contributed by atoms with E-state index >= 15 is 0 Å². The van der Waals surface area contributed by atoms with Gasteiger partial charge in [0.15, 0.2) is 0 Å². The maximum absolute atomic E-state index is 13.9. The first-order valence-electron chi connectivity index (χ1n) is 14.5. The van der Waals surface area contributed by atoms with Gasteiger partial charge in [0.1, 0.15) is 6.04 Å². The molecule has 0 saturated carbocycles. The molecular weight excluding hydrogens is 552 g/mol. The molecule has 3 aromatic rings. The minimum atomic E-state index is -0.614. The van der Waals surface area contributed by atoms with E-state index in [1.165, 1.54) is 0 Å². The quantitative estimate of drug-likeness (QED) is 0.454. The number of carbonyl (C=O) groups is 4. The number of piperidine rings is 3. The molecule has 1 N–H and O–H groups in total. The molecule has 214 valence electrons. The predicted octanol–water partition coefficient (Wildman–Crippen LogP) is 4.26. The van der Waals surface area contributed by atoms with Crippen molar-refractivity contribution >= 4 is 35.2 Å². The Morgan fingerprint density at radius 2 is 1.67 bits per heavy atom. The molecule has 0 aliphatic carbocycles. The van der Waals surface area contributed by atoms with E-state index in [9.17, 15) is 19.2 Å². The summed E-state index contributed by atoms with van der Waals surface area (Å²) in [6, 6.07) is 21.1. The van der Waals surface area contributed by atoms with Crippen LogP contribution in [0.2, 0.25) is 5.02 Å². The number of fused-ring (bicyclic) bond motifs is 4. The first-order valence-corrected chi connectivity index (χ1v) is 14.9. The lowest BCUT2D eigenvalue weighted by molar-refractivity contribution is -0.136. The van der Waals surface area contributed by atoms with Gasteiger partial charge in [0.2, 0.25) is 11.8 Å². The van der Waals surface area contributed by atoms with Gasteiger partial charge in [-0.15, -0.1) is 0 Å². The van der Waals surface area contributed by atoms with Crippen LogP contribution in [0, 0.1) is 0 Å². The third-order valence-electron chi connectivity index (χ3n) is 9.19. The van der Waals surface area contributed by atoms with Crippen molar-refractivity contribution in [3.05, 3.63) is 94.0 Å². The van der Waals surface area contributed by atoms with E-state index < -0.39 is 11.9 Å². The van der Waals surface area contributed by atoms with Crippen molar-refractivity contribution in [2.45, 2.75) is 56.9 Å². The fourth-order valence-electron chi connectivity index (χ4n) is 7.02. The van der Waals surface area contributed by atoms with Crippen LogP contribution in [0.3, 0.4) is 0 Å². The van der Waals surface area contributed by atoms with Crippen LogP contribution >= 0.6 is 11.6 Å². The van der Waals surface area contributed by atoms with Crippen LogP contribution < -0.4 is 5.32 Å². The molecule has 4 fully saturated rings. The molecule has 3 aromatic carbocycles. The third-order valence-corrected chi connectivity index (χ3v) is 9.44. The molecule has 5 aliphatic rings. The monoisotopic (exact) mass is 582 g/mol. The number of halogens is 1. The Kier molecular flexibility index (Phi) is 6.83. The number of hydrogen-bond acceptors (Lipinski definition) is 5. The highest BCUT2D eigenvalue weighted by atomic mass is 35.5. The lowest BCUT2D eigenvalue weighted by Gasteiger charge is -2.51. The molecule has 0 aromatic heterocycles. The van der Waals surface area contributed by atoms with Gasteiger partial charge in [-0.1, -0.05) is 54.1 Å². The number of nitrogens with zero attached hydrogens (tertiary/aromatic N) is 3. The van der Waals surface area contributed by atoms with Crippen molar-refractivity contribution in [2.24, 2.45) is 0 Å². The Morgan fingerprint density at radius 1 is 0.881 bits per heavy atom. The fourth-order valence-corrected chi connectivity index (χ4v) is 7.15. The van der Waals surface area contributed by atoms with Gasteiger partial charge < -0.3 is 9.80 Å². The second kappa shape index (κ2) is 10.7. The van der Waals surface area contributed by atoms with Crippen molar-refractivity contribution in [3.63, 3.8) is 0 Å². The van der Waals surface area contributed by atoms with Crippen molar-refractivity contribution in [1.82, 2.24) is 20.0 Å². The minimum Gasteiger partial charge on any atom is -0.333 e. The first-order chi connectivity index (χ1) is 20.4. The molecule has 0 spiro atoms. The SMILES string of the molecule is O=C1CCC(N2Cc3cc(CN4CC5CCC4CN5C(=O)c4ccccc4-c4ccc(Cl)cc4)ccc3C2=O)C(=O)N1. The molecule has 3 atom stereocenters. The Balaban J connectivity index is 1.04. The minimum absolute atomic E-state index is 0.0690. The van der Waals surface area contributed by atoms with Crippen LogP contribution in [0.4, 0.5) is 0 Å². The Labute approximate surface area is 249 Å². The fraction of sp³-hybridized carbons (Fsp3) is 0.333. The van der Waals surface area contributed by atoms with Crippen molar-refractivity contribution in [2.75, 3.05) is 13.1 Å². The van der Waals surface area contributed by atoms with Crippen LogP contribution in [0.25, 0.3) is 11.1 Å². The molecule has 3 unspecified atom stereocenters. The van der Waals surface area contributed by atoms with Gasteiger partial charge in [0.05, 0.1) is 0 Å². The molecule has 5 aliphatic heterocycles. The number of carbonyl (C=O) groups excluding carboxylic acids is 4. The average molecular weight is 583 g/mol. The Morgan fingerprint density at radius 3 is 2.43 bits per heavy atom. The molecule has 8 rings (SSSR count). The standard InChI is InChI=1S/C33H31ClN4O4/c34-23-8-6-21(7-9-23)26-3-1-2-4-28(26)33(42)37-19-24-10-11-25(37)18-36(24)16-20-5-12-27-22(15-20)17-38(32(27)41)29-13-14-30(39)35-31(29)40/h1-9,12,15,24-25,29H,10-11,13-14,16-19H2,(H,35,39,40). The zero-order chi connectivity index (χ0) is 29.0. The number of nitrogens with one attached hydrogen (secondary N) is 1. The average Bonchev–Trinajstić information content (AvgIpc) is 3.32. The zero-order valence-electron chi connectivity index (χ0n) is 23.1. The molecule has 4 saturated heterocycles. The van der Waals surface area contributed by atoms with E-state index in [0.717, 1.165) is 48.2 Å². The Bertz CT molecular complexity index is 1610. The summed E-state index contributed by atoms with van der Waals surface area (Å²) in [5, 5.41) is 3.02. The molecule has 2 bridgehead atoms. The molecule has 42 heavy (non-hydrogen) atoms. The van der Waals surface area contributed by atoms with Crippen LogP contribution in [0.1, 0.15) is 57.5 Å². The smallest absolute Gasteiger partial charge is 0.255 e.